The van der Waals surface area contributed by atoms with E-state index in [1.165, 1.54) is 18.1 Å². The molecule has 1 aromatic rings. The second kappa shape index (κ2) is 7.24. The third-order valence-corrected chi connectivity index (χ3v) is 5.21. The molecular formula is C14H21ClN2O3S. The molecule has 0 saturated heterocycles. The van der Waals surface area contributed by atoms with Gasteiger partial charge in [-0.3, -0.25) is 4.79 Å². The minimum absolute atomic E-state index is 0. The highest BCUT2D eigenvalue weighted by Crippen LogP contribution is 2.21. The average molecular weight is 333 g/mol. The Morgan fingerprint density at radius 1 is 1.43 bits per heavy atom. The molecule has 2 atom stereocenters. The molecule has 21 heavy (non-hydrogen) atoms. The Morgan fingerprint density at radius 3 is 2.76 bits per heavy atom. The number of benzene rings is 1. The monoisotopic (exact) mass is 332 g/mol. The summed E-state index contributed by atoms with van der Waals surface area (Å²) in [5.74, 6) is -0.447. The molecule has 0 saturated carbocycles. The maximum atomic E-state index is 11.8. The Hall–Kier alpha value is -1.11. The average Bonchev–Trinajstić information content (AvgIpc) is 2.42. The summed E-state index contributed by atoms with van der Waals surface area (Å²) in [6, 6.07) is 8.14. The first-order valence-electron chi connectivity index (χ1n) is 6.67. The zero-order valence-corrected chi connectivity index (χ0v) is 13.8. The van der Waals surface area contributed by atoms with E-state index in [0.717, 1.165) is 19.2 Å². The minimum Gasteiger partial charge on any atom is -0.353 e. The highest BCUT2D eigenvalue weighted by atomic mass is 35.5. The van der Waals surface area contributed by atoms with Crippen LogP contribution in [-0.4, -0.2) is 38.9 Å². The highest BCUT2D eigenvalue weighted by Gasteiger charge is 2.25. The van der Waals surface area contributed by atoms with Crippen molar-refractivity contribution in [2.75, 3.05) is 19.3 Å². The van der Waals surface area contributed by atoms with Crippen molar-refractivity contribution in [1.82, 2.24) is 10.6 Å². The van der Waals surface area contributed by atoms with E-state index in [9.17, 15) is 13.2 Å². The minimum atomic E-state index is -3.35. The van der Waals surface area contributed by atoms with Crippen LogP contribution in [0, 0.1) is 0 Å². The maximum absolute atomic E-state index is 11.8. The van der Waals surface area contributed by atoms with Crippen LogP contribution in [0.3, 0.4) is 0 Å². The van der Waals surface area contributed by atoms with Crippen LogP contribution in [0.25, 0.3) is 0 Å². The SMILES string of the molecule is CC(C(=O)NCC1NCCc2ccccc21)S(C)(=O)=O.Cl. The van der Waals surface area contributed by atoms with Crippen molar-refractivity contribution in [3.8, 4) is 0 Å². The topological polar surface area (TPSA) is 75.3 Å². The van der Waals surface area contributed by atoms with Gasteiger partial charge in [0, 0.05) is 18.8 Å². The molecule has 0 fully saturated rings. The van der Waals surface area contributed by atoms with Crippen molar-refractivity contribution in [3.63, 3.8) is 0 Å². The molecule has 2 rings (SSSR count). The summed E-state index contributed by atoms with van der Waals surface area (Å²) >= 11 is 0. The van der Waals surface area contributed by atoms with Gasteiger partial charge in [0.2, 0.25) is 5.91 Å². The van der Waals surface area contributed by atoms with E-state index in [2.05, 4.69) is 16.7 Å². The molecule has 1 amide bonds. The molecule has 7 heteroatoms. The highest BCUT2D eigenvalue weighted by molar-refractivity contribution is 7.92. The Bertz CT molecular complexity index is 604. The van der Waals surface area contributed by atoms with Gasteiger partial charge >= 0.3 is 0 Å². The number of fused-ring (bicyclic) bond motifs is 1. The molecule has 2 N–H and O–H groups in total. The van der Waals surface area contributed by atoms with Gasteiger partial charge in [-0.15, -0.1) is 12.4 Å². The van der Waals surface area contributed by atoms with Crippen LogP contribution in [0.15, 0.2) is 24.3 Å². The van der Waals surface area contributed by atoms with Gasteiger partial charge in [0.1, 0.15) is 5.25 Å². The van der Waals surface area contributed by atoms with E-state index in [-0.39, 0.29) is 18.4 Å². The molecule has 1 aliphatic rings. The van der Waals surface area contributed by atoms with Gasteiger partial charge in [0.15, 0.2) is 9.84 Å². The van der Waals surface area contributed by atoms with Crippen LogP contribution in [0.2, 0.25) is 0 Å². The first-order valence-corrected chi connectivity index (χ1v) is 8.63. The van der Waals surface area contributed by atoms with Gasteiger partial charge in [-0.25, -0.2) is 8.42 Å². The predicted molar refractivity (Wildman–Crippen MR) is 85.5 cm³/mol. The third-order valence-electron chi connectivity index (χ3n) is 3.71. The van der Waals surface area contributed by atoms with E-state index in [1.54, 1.807) is 0 Å². The fraction of sp³-hybridized carbons (Fsp3) is 0.500. The van der Waals surface area contributed by atoms with Crippen LogP contribution < -0.4 is 10.6 Å². The molecule has 0 radical (unpaired) electrons. The van der Waals surface area contributed by atoms with Crippen molar-refractivity contribution in [3.05, 3.63) is 35.4 Å². The lowest BCUT2D eigenvalue weighted by Gasteiger charge is -2.27. The van der Waals surface area contributed by atoms with Crippen molar-refractivity contribution >= 4 is 28.2 Å². The molecule has 1 aliphatic heterocycles. The number of carbonyl (C=O) groups excluding carboxylic acids is 1. The van der Waals surface area contributed by atoms with Gasteiger partial charge in [-0.1, -0.05) is 24.3 Å². The van der Waals surface area contributed by atoms with E-state index < -0.39 is 21.0 Å². The molecule has 0 spiro atoms. The summed E-state index contributed by atoms with van der Waals surface area (Å²) in [4.78, 5) is 11.8. The zero-order valence-electron chi connectivity index (χ0n) is 12.1. The lowest BCUT2D eigenvalue weighted by molar-refractivity contribution is -0.120. The number of nitrogens with one attached hydrogen (secondary N) is 2. The Kier molecular flexibility index (Phi) is 6.19. The zero-order chi connectivity index (χ0) is 14.8. The molecule has 0 aliphatic carbocycles. The molecule has 1 heterocycles. The third kappa shape index (κ3) is 4.43. The van der Waals surface area contributed by atoms with E-state index in [0.29, 0.717) is 6.54 Å². The molecule has 118 valence electrons. The van der Waals surface area contributed by atoms with E-state index in [4.69, 9.17) is 0 Å². The molecule has 0 aromatic heterocycles. The van der Waals surface area contributed by atoms with Crippen molar-refractivity contribution in [2.24, 2.45) is 0 Å². The van der Waals surface area contributed by atoms with Gasteiger partial charge in [0.25, 0.3) is 0 Å². The largest absolute Gasteiger partial charge is 0.353 e. The van der Waals surface area contributed by atoms with Crippen LogP contribution in [-0.2, 0) is 21.1 Å². The van der Waals surface area contributed by atoms with Crippen LogP contribution in [0.5, 0.6) is 0 Å². The van der Waals surface area contributed by atoms with Crippen LogP contribution in [0.1, 0.15) is 24.1 Å². The summed E-state index contributed by atoms with van der Waals surface area (Å²) < 4.78 is 22.7. The lowest BCUT2D eigenvalue weighted by Crippen LogP contribution is -2.43. The first kappa shape index (κ1) is 17.9. The Balaban J connectivity index is 0.00000220. The normalized spacial score (nSPS) is 19.0. The number of amides is 1. The number of halogens is 1. The second-order valence-corrected chi connectivity index (χ2v) is 7.54. The Labute approximate surface area is 131 Å². The van der Waals surface area contributed by atoms with Crippen molar-refractivity contribution < 1.29 is 13.2 Å². The van der Waals surface area contributed by atoms with E-state index >= 15 is 0 Å². The lowest BCUT2D eigenvalue weighted by atomic mass is 9.94. The van der Waals surface area contributed by atoms with Gasteiger partial charge in [-0.05, 0) is 31.0 Å². The smallest absolute Gasteiger partial charge is 0.238 e. The van der Waals surface area contributed by atoms with Gasteiger partial charge in [0.05, 0.1) is 0 Å². The molecule has 1 aromatic carbocycles. The molecule has 0 bridgehead atoms. The van der Waals surface area contributed by atoms with Crippen molar-refractivity contribution in [2.45, 2.75) is 24.6 Å². The maximum Gasteiger partial charge on any atom is 0.238 e. The molecule has 2 unspecified atom stereocenters. The van der Waals surface area contributed by atoms with Crippen LogP contribution >= 0.6 is 12.4 Å². The standard InChI is InChI=1S/C14H20N2O3S.ClH/c1-10(20(2,18)19)14(17)16-9-13-12-6-4-3-5-11(12)7-8-15-13;/h3-6,10,13,15H,7-9H2,1-2H3,(H,16,17);1H. The fourth-order valence-electron chi connectivity index (χ4n) is 2.32. The second-order valence-electron chi connectivity index (χ2n) is 5.17. The fourth-order valence-corrected chi connectivity index (χ4v) is 2.79. The predicted octanol–water partition coefficient (Wildman–Crippen LogP) is 0.844. The summed E-state index contributed by atoms with van der Waals surface area (Å²) in [5, 5.41) is 5.05. The summed E-state index contributed by atoms with van der Waals surface area (Å²) in [5.41, 5.74) is 2.45. The number of sulfone groups is 1. The van der Waals surface area contributed by atoms with E-state index in [1.807, 2.05) is 18.2 Å². The van der Waals surface area contributed by atoms with Crippen molar-refractivity contribution in [1.29, 1.82) is 0 Å². The Morgan fingerprint density at radius 2 is 2.10 bits per heavy atom. The summed E-state index contributed by atoms with van der Waals surface area (Å²) in [7, 11) is -3.35. The number of rotatable bonds is 4. The molecule has 5 nitrogen and oxygen atoms in total. The summed E-state index contributed by atoms with van der Waals surface area (Å²) in [6.07, 6.45) is 2.05. The van der Waals surface area contributed by atoms with Gasteiger partial charge < -0.3 is 10.6 Å². The van der Waals surface area contributed by atoms with Crippen LogP contribution in [0.4, 0.5) is 0 Å². The summed E-state index contributed by atoms with van der Waals surface area (Å²) in [6.45, 7) is 2.67. The number of hydrogen-bond acceptors (Lipinski definition) is 4. The molecular weight excluding hydrogens is 312 g/mol. The number of hydrogen-bond donors (Lipinski definition) is 2. The van der Waals surface area contributed by atoms with Gasteiger partial charge in [-0.2, -0.15) is 0 Å². The first-order chi connectivity index (χ1) is 9.39. The number of carbonyl (C=O) groups is 1. The quantitative estimate of drug-likeness (QED) is 0.857.